The Morgan fingerprint density at radius 3 is 2.12 bits per heavy atom. The molecular formula is C30H36ClN3O5S. The number of hydrogen-bond acceptors (Lipinski definition) is 5. The lowest BCUT2D eigenvalue weighted by Gasteiger charge is -2.33. The van der Waals surface area contributed by atoms with E-state index in [0.717, 1.165) is 4.31 Å². The summed E-state index contributed by atoms with van der Waals surface area (Å²) in [6.45, 7) is 8.92. The fourth-order valence-corrected chi connectivity index (χ4v) is 5.60. The van der Waals surface area contributed by atoms with Gasteiger partial charge in [-0.15, -0.1) is 0 Å². The van der Waals surface area contributed by atoms with Crippen LogP contribution in [0.25, 0.3) is 0 Å². The topological polar surface area (TPSA) is 96.0 Å². The molecule has 40 heavy (non-hydrogen) atoms. The van der Waals surface area contributed by atoms with Crippen molar-refractivity contribution in [1.29, 1.82) is 0 Å². The van der Waals surface area contributed by atoms with Crippen LogP contribution in [0.1, 0.15) is 40.2 Å². The van der Waals surface area contributed by atoms with Crippen molar-refractivity contribution in [3.8, 4) is 5.75 Å². The zero-order chi connectivity index (χ0) is 29.5. The molecule has 0 unspecified atom stereocenters. The number of hydrogen-bond donors (Lipinski definition) is 1. The Morgan fingerprint density at radius 2 is 1.55 bits per heavy atom. The van der Waals surface area contributed by atoms with E-state index in [1.165, 1.54) is 17.0 Å². The highest BCUT2D eigenvalue weighted by molar-refractivity contribution is 7.92. The number of nitrogens with zero attached hydrogens (tertiary/aromatic N) is 2. The van der Waals surface area contributed by atoms with Gasteiger partial charge in [-0.25, -0.2) is 8.42 Å². The van der Waals surface area contributed by atoms with Crippen LogP contribution in [0.3, 0.4) is 0 Å². The molecule has 0 aliphatic rings. The summed E-state index contributed by atoms with van der Waals surface area (Å²) in [6, 6.07) is 20.5. The molecule has 0 heterocycles. The minimum atomic E-state index is -4.17. The molecule has 0 fully saturated rings. The molecule has 8 nitrogen and oxygen atoms in total. The van der Waals surface area contributed by atoms with E-state index in [4.69, 9.17) is 16.3 Å². The van der Waals surface area contributed by atoms with Gasteiger partial charge in [-0.1, -0.05) is 48.0 Å². The Labute approximate surface area is 241 Å². The second-order valence-corrected chi connectivity index (χ2v) is 12.5. The van der Waals surface area contributed by atoms with Crippen molar-refractivity contribution in [2.45, 2.75) is 57.6 Å². The van der Waals surface area contributed by atoms with E-state index >= 15 is 0 Å². The first kappa shape index (κ1) is 31.0. The minimum absolute atomic E-state index is 0.00350. The first-order chi connectivity index (χ1) is 18.8. The van der Waals surface area contributed by atoms with Crippen LogP contribution < -0.4 is 14.4 Å². The van der Waals surface area contributed by atoms with Gasteiger partial charge in [0.15, 0.2) is 0 Å². The third-order valence-corrected chi connectivity index (χ3v) is 8.17. The first-order valence-electron chi connectivity index (χ1n) is 13.0. The molecule has 3 aromatic rings. The number of ether oxygens (including phenoxy) is 1. The van der Waals surface area contributed by atoms with Crippen molar-refractivity contribution in [3.05, 3.63) is 89.4 Å². The quantitative estimate of drug-likeness (QED) is 0.331. The summed E-state index contributed by atoms with van der Waals surface area (Å²) >= 11 is 6.40. The standard InChI is InChI=1S/C30H36ClN3O5S/c1-6-39-25-16-18-26(19-17-25)40(37,38)34(24-13-8-7-9-14-24)21-28(35)33(20-23-12-10-11-15-27(23)31)22(2)29(36)32-30(3,4)5/h7-19,22H,6,20-21H2,1-5H3,(H,32,36)/t22-/m0/s1. The lowest BCUT2D eigenvalue weighted by atomic mass is 10.1. The molecule has 3 rings (SSSR count). The molecule has 1 atom stereocenters. The van der Waals surface area contributed by atoms with E-state index in [2.05, 4.69) is 5.32 Å². The number of carbonyl (C=O) groups is 2. The third kappa shape index (κ3) is 7.99. The zero-order valence-electron chi connectivity index (χ0n) is 23.4. The summed E-state index contributed by atoms with van der Waals surface area (Å²) < 4.78 is 34.3. The number of carbonyl (C=O) groups excluding carboxylic acids is 2. The average Bonchev–Trinajstić information content (AvgIpc) is 2.90. The lowest BCUT2D eigenvalue weighted by molar-refractivity contribution is -0.140. The van der Waals surface area contributed by atoms with Gasteiger partial charge in [0.2, 0.25) is 11.8 Å². The highest BCUT2D eigenvalue weighted by Crippen LogP contribution is 2.26. The van der Waals surface area contributed by atoms with E-state index in [1.54, 1.807) is 73.7 Å². The van der Waals surface area contributed by atoms with Gasteiger partial charge >= 0.3 is 0 Å². The number of halogens is 1. The van der Waals surface area contributed by atoms with Crippen LogP contribution in [-0.2, 0) is 26.2 Å². The molecule has 0 aliphatic carbocycles. The summed E-state index contributed by atoms with van der Waals surface area (Å²) in [7, 11) is -4.17. The van der Waals surface area contributed by atoms with Crippen LogP contribution in [-0.4, -0.2) is 49.9 Å². The van der Waals surface area contributed by atoms with Gasteiger partial charge in [0.05, 0.1) is 17.2 Å². The number of para-hydroxylation sites is 1. The van der Waals surface area contributed by atoms with Crippen molar-refractivity contribution in [1.82, 2.24) is 10.2 Å². The van der Waals surface area contributed by atoms with Crippen LogP contribution in [0, 0.1) is 0 Å². The molecule has 3 aromatic carbocycles. The average molecular weight is 586 g/mol. The summed E-state index contributed by atoms with van der Waals surface area (Å²) in [4.78, 5) is 28.5. The normalized spacial score (nSPS) is 12.3. The number of amides is 2. The van der Waals surface area contributed by atoms with Gasteiger partial charge in [0.25, 0.3) is 10.0 Å². The van der Waals surface area contributed by atoms with Crippen LogP contribution in [0.2, 0.25) is 5.02 Å². The molecule has 10 heteroatoms. The highest BCUT2D eigenvalue weighted by atomic mass is 35.5. The fraction of sp³-hybridized carbons (Fsp3) is 0.333. The minimum Gasteiger partial charge on any atom is -0.494 e. The van der Waals surface area contributed by atoms with Crippen molar-refractivity contribution < 1.29 is 22.7 Å². The fourth-order valence-electron chi connectivity index (χ4n) is 3.99. The lowest BCUT2D eigenvalue weighted by Crippen LogP contribution is -2.54. The molecule has 0 saturated carbocycles. The molecule has 0 aliphatic heterocycles. The second kappa shape index (κ2) is 13.2. The maximum absolute atomic E-state index is 13.9. The van der Waals surface area contributed by atoms with Gasteiger partial charge < -0.3 is 15.0 Å². The summed E-state index contributed by atoms with van der Waals surface area (Å²) in [5, 5.41) is 3.34. The molecule has 0 bridgehead atoms. The maximum Gasteiger partial charge on any atom is 0.264 e. The first-order valence-corrected chi connectivity index (χ1v) is 14.8. The molecule has 0 spiro atoms. The Bertz CT molecular complexity index is 1410. The number of nitrogens with one attached hydrogen (secondary N) is 1. The van der Waals surface area contributed by atoms with E-state index in [-0.39, 0.29) is 17.3 Å². The molecule has 214 valence electrons. The van der Waals surface area contributed by atoms with Crippen LogP contribution in [0.4, 0.5) is 5.69 Å². The van der Waals surface area contributed by atoms with Gasteiger partial charge in [-0.3, -0.25) is 13.9 Å². The number of anilines is 1. The second-order valence-electron chi connectivity index (χ2n) is 10.3. The smallest absolute Gasteiger partial charge is 0.264 e. The van der Waals surface area contributed by atoms with Gasteiger partial charge in [-0.05, 0) is 82.6 Å². The van der Waals surface area contributed by atoms with Gasteiger partial charge in [0, 0.05) is 17.1 Å². The molecule has 0 aromatic heterocycles. The van der Waals surface area contributed by atoms with Crippen molar-refractivity contribution in [2.75, 3.05) is 17.5 Å². The van der Waals surface area contributed by atoms with Crippen molar-refractivity contribution >= 4 is 39.1 Å². The summed E-state index contributed by atoms with van der Waals surface area (Å²) in [5.74, 6) is -0.392. The Hall–Kier alpha value is -3.56. The molecule has 0 radical (unpaired) electrons. The Balaban J connectivity index is 2.01. The monoisotopic (exact) mass is 585 g/mol. The SMILES string of the molecule is CCOc1ccc(S(=O)(=O)N(CC(=O)N(Cc2ccccc2Cl)[C@@H](C)C(=O)NC(C)(C)C)c2ccccc2)cc1. The van der Waals surface area contributed by atoms with E-state index in [1.807, 2.05) is 27.7 Å². The predicted molar refractivity (Wildman–Crippen MR) is 158 cm³/mol. The van der Waals surface area contributed by atoms with Gasteiger partial charge in [0.1, 0.15) is 18.3 Å². The van der Waals surface area contributed by atoms with Crippen LogP contribution >= 0.6 is 11.6 Å². The zero-order valence-corrected chi connectivity index (χ0v) is 25.0. The molecule has 0 saturated heterocycles. The van der Waals surface area contributed by atoms with E-state index in [9.17, 15) is 18.0 Å². The predicted octanol–water partition coefficient (Wildman–Crippen LogP) is 5.27. The third-order valence-electron chi connectivity index (χ3n) is 6.01. The number of rotatable bonds is 11. The Kier molecular flexibility index (Phi) is 10.2. The number of benzene rings is 3. The van der Waals surface area contributed by atoms with Gasteiger partial charge in [-0.2, -0.15) is 0 Å². The van der Waals surface area contributed by atoms with Crippen molar-refractivity contribution in [2.24, 2.45) is 0 Å². The Morgan fingerprint density at radius 1 is 0.950 bits per heavy atom. The van der Waals surface area contributed by atoms with E-state index in [0.29, 0.717) is 28.6 Å². The largest absolute Gasteiger partial charge is 0.494 e. The number of sulfonamides is 1. The summed E-state index contributed by atoms with van der Waals surface area (Å²) in [5.41, 5.74) is 0.417. The van der Waals surface area contributed by atoms with Crippen LogP contribution in [0.5, 0.6) is 5.75 Å². The molecule has 2 amide bonds. The highest BCUT2D eigenvalue weighted by Gasteiger charge is 2.33. The molecular weight excluding hydrogens is 550 g/mol. The van der Waals surface area contributed by atoms with Crippen molar-refractivity contribution in [3.63, 3.8) is 0 Å². The summed E-state index contributed by atoms with van der Waals surface area (Å²) in [6.07, 6.45) is 0. The van der Waals surface area contributed by atoms with E-state index < -0.39 is 34.1 Å². The maximum atomic E-state index is 13.9. The molecule has 1 N–H and O–H groups in total. The van der Waals surface area contributed by atoms with Crippen LogP contribution in [0.15, 0.2) is 83.8 Å².